The molecule has 0 saturated heterocycles. The number of rotatable bonds is 7. The minimum Gasteiger partial charge on any atom is -0.480 e. The molecular weight excluding hydrogens is 248 g/mol. The highest BCUT2D eigenvalue weighted by atomic mass is 16.4. The minimum atomic E-state index is -1.02. The highest BCUT2D eigenvalue weighted by Gasteiger charge is 2.22. The fourth-order valence-corrected chi connectivity index (χ4v) is 1.59. The Balaban J connectivity index is 2.21. The van der Waals surface area contributed by atoms with Gasteiger partial charge in [-0.1, -0.05) is 13.8 Å². The van der Waals surface area contributed by atoms with Gasteiger partial charge >= 0.3 is 12.0 Å². The Morgan fingerprint density at radius 2 is 2.16 bits per heavy atom. The number of carboxylic acid groups (broad SMARTS) is 1. The summed E-state index contributed by atoms with van der Waals surface area (Å²) < 4.78 is 1.91. The van der Waals surface area contributed by atoms with E-state index in [1.807, 2.05) is 10.8 Å². The molecule has 1 atom stereocenters. The Morgan fingerprint density at radius 1 is 1.42 bits per heavy atom. The van der Waals surface area contributed by atoms with Crippen LogP contribution < -0.4 is 10.6 Å². The molecule has 106 valence electrons. The van der Waals surface area contributed by atoms with E-state index in [-0.39, 0.29) is 5.92 Å². The molecule has 2 amide bonds. The summed E-state index contributed by atoms with van der Waals surface area (Å²) in [5.74, 6) is -1.18. The maximum atomic E-state index is 11.5. The third-order valence-electron chi connectivity index (χ3n) is 2.66. The monoisotopic (exact) mass is 268 g/mol. The number of nitrogens with zero attached hydrogens (tertiary/aromatic N) is 2. The van der Waals surface area contributed by atoms with Gasteiger partial charge in [-0.15, -0.1) is 0 Å². The van der Waals surface area contributed by atoms with Gasteiger partial charge in [-0.25, -0.2) is 14.6 Å². The van der Waals surface area contributed by atoms with Crippen LogP contribution in [-0.2, 0) is 11.3 Å². The van der Waals surface area contributed by atoms with E-state index in [1.54, 1.807) is 26.4 Å². The van der Waals surface area contributed by atoms with Crippen molar-refractivity contribution in [2.45, 2.75) is 32.9 Å². The fourth-order valence-electron chi connectivity index (χ4n) is 1.59. The predicted molar refractivity (Wildman–Crippen MR) is 69.6 cm³/mol. The molecule has 0 aliphatic carbocycles. The number of aryl methyl sites for hydroxylation is 1. The van der Waals surface area contributed by atoms with Crippen LogP contribution in [0.4, 0.5) is 4.79 Å². The van der Waals surface area contributed by atoms with Crippen molar-refractivity contribution in [3.8, 4) is 0 Å². The second-order valence-electron chi connectivity index (χ2n) is 4.61. The van der Waals surface area contributed by atoms with Crippen LogP contribution in [0.5, 0.6) is 0 Å². The van der Waals surface area contributed by atoms with Crippen molar-refractivity contribution in [3.63, 3.8) is 0 Å². The molecule has 0 fully saturated rings. The first-order valence-corrected chi connectivity index (χ1v) is 6.23. The Labute approximate surface area is 112 Å². The second kappa shape index (κ2) is 7.40. The lowest BCUT2D eigenvalue weighted by Crippen LogP contribution is -2.48. The third kappa shape index (κ3) is 5.41. The molecule has 0 aliphatic rings. The van der Waals surface area contributed by atoms with E-state index >= 15 is 0 Å². The second-order valence-corrected chi connectivity index (χ2v) is 4.61. The van der Waals surface area contributed by atoms with Crippen LogP contribution in [0.15, 0.2) is 18.7 Å². The highest BCUT2D eigenvalue weighted by molar-refractivity contribution is 5.82. The van der Waals surface area contributed by atoms with Crippen molar-refractivity contribution >= 4 is 12.0 Å². The molecule has 0 aliphatic heterocycles. The van der Waals surface area contributed by atoms with Gasteiger partial charge in [0.2, 0.25) is 0 Å². The lowest BCUT2D eigenvalue weighted by Gasteiger charge is -2.18. The largest absolute Gasteiger partial charge is 0.480 e. The predicted octanol–water partition coefficient (Wildman–Crippen LogP) is 0.682. The van der Waals surface area contributed by atoms with E-state index in [2.05, 4.69) is 15.6 Å². The van der Waals surface area contributed by atoms with Crippen molar-refractivity contribution in [1.29, 1.82) is 0 Å². The average Bonchev–Trinajstić information content (AvgIpc) is 2.84. The van der Waals surface area contributed by atoms with E-state index in [0.29, 0.717) is 6.54 Å². The van der Waals surface area contributed by atoms with Gasteiger partial charge in [0.25, 0.3) is 0 Å². The lowest BCUT2D eigenvalue weighted by atomic mass is 10.1. The van der Waals surface area contributed by atoms with Crippen LogP contribution in [0.1, 0.15) is 20.3 Å². The van der Waals surface area contributed by atoms with Gasteiger partial charge in [-0.2, -0.15) is 0 Å². The fraction of sp³-hybridized carbons (Fsp3) is 0.583. The zero-order valence-corrected chi connectivity index (χ0v) is 11.2. The van der Waals surface area contributed by atoms with E-state index in [0.717, 1.165) is 13.0 Å². The topological polar surface area (TPSA) is 96.3 Å². The molecular formula is C12H20N4O3. The summed E-state index contributed by atoms with van der Waals surface area (Å²) in [6.07, 6.45) is 6.00. The summed E-state index contributed by atoms with van der Waals surface area (Å²) in [7, 11) is 0. The van der Waals surface area contributed by atoms with E-state index in [1.165, 1.54) is 0 Å². The first-order valence-electron chi connectivity index (χ1n) is 6.23. The molecule has 19 heavy (non-hydrogen) atoms. The number of urea groups is 1. The number of carbonyl (C=O) groups is 2. The zero-order valence-electron chi connectivity index (χ0n) is 11.2. The van der Waals surface area contributed by atoms with E-state index in [9.17, 15) is 9.59 Å². The SMILES string of the molecule is CC(C)C(NC(=O)NCCCn1ccnc1)C(=O)O. The van der Waals surface area contributed by atoms with Gasteiger partial charge in [0, 0.05) is 25.5 Å². The summed E-state index contributed by atoms with van der Waals surface area (Å²) in [6, 6.07) is -1.32. The highest BCUT2D eigenvalue weighted by Crippen LogP contribution is 2.01. The normalized spacial score (nSPS) is 12.2. The third-order valence-corrected chi connectivity index (χ3v) is 2.66. The average molecular weight is 268 g/mol. The van der Waals surface area contributed by atoms with Gasteiger partial charge in [-0.05, 0) is 12.3 Å². The van der Waals surface area contributed by atoms with E-state index < -0.39 is 18.0 Å². The van der Waals surface area contributed by atoms with Crippen LogP contribution in [0.3, 0.4) is 0 Å². The molecule has 0 saturated carbocycles. The Hall–Kier alpha value is -2.05. The quantitative estimate of drug-likeness (QED) is 0.634. The number of amides is 2. The maximum Gasteiger partial charge on any atom is 0.326 e. The summed E-state index contributed by atoms with van der Waals surface area (Å²) in [5, 5.41) is 14.0. The summed E-state index contributed by atoms with van der Waals surface area (Å²) in [6.45, 7) is 4.73. The Morgan fingerprint density at radius 3 is 2.68 bits per heavy atom. The van der Waals surface area contributed by atoms with Crippen LogP contribution in [-0.4, -0.2) is 39.2 Å². The van der Waals surface area contributed by atoms with Crippen LogP contribution in [0, 0.1) is 5.92 Å². The van der Waals surface area contributed by atoms with E-state index in [4.69, 9.17) is 5.11 Å². The van der Waals surface area contributed by atoms with Crippen molar-refractivity contribution in [2.24, 2.45) is 5.92 Å². The number of imidazole rings is 1. The Bertz CT molecular complexity index is 403. The Kier molecular flexibility index (Phi) is 5.84. The molecule has 1 unspecified atom stereocenters. The van der Waals surface area contributed by atoms with Gasteiger partial charge < -0.3 is 20.3 Å². The van der Waals surface area contributed by atoms with Crippen molar-refractivity contribution in [3.05, 3.63) is 18.7 Å². The minimum absolute atomic E-state index is 0.158. The number of nitrogens with one attached hydrogen (secondary N) is 2. The molecule has 0 spiro atoms. The smallest absolute Gasteiger partial charge is 0.326 e. The number of aromatic nitrogens is 2. The van der Waals surface area contributed by atoms with Crippen molar-refractivity contribution in [2.75, 3.05) is 6.54 Å². The van der Waals surface area contributed by atoms with Gasteiger partial charge in [0.15, 0.2) is 0 Å². The molecule has 1 aromatic heterocycles. The molecule has 3 N–H and O–H groups in total. The summed E-state index contributed by atoms with van der Waals surface area (Å²) in [4.78, 5) is 26.3. The van der Waals surface area contributed by atoms with Gasteiger partial charge in [0.1, 0.15) is 6.04 Å². The first kappa shape index (κ1) is 15.0. The number of hydrogen-bond donors (Lipinski definition) is 3. The molecule has 7 heteroatoms. The molecule has 1 rings (SSSR count). The summed E-state index contributed by atoms with van der Waals surface area (Å²) in [5.41, 5.74) is 0. The molecule has 1 heterocycles. The van der Waals surface area contributed by atoms with Crippen molar-refractivity contribution in [1.82, 2.24) is 20.2 Å². The van der Waals surface area contributed by atoms with Crippen LogP contribution >= 0.6 is 0 Å². The molecule has 0 radical (unpaired) electrons. The number of carbonyl (C=O) groups excluding carboxylic acids is 1. The number of hydrogen-bond acceptors (Lipinski definition) is 3. The number of carboxylic acids is 1. The van der Waals surface area contributed by atoms with Gasteiger partial charge in [-0.3, -0.25) is 0 Å². The molecule has 1 aromatic rings. The maximum absolute atomic E-state index is 11.5. The number of aliphatic carboxylic acids is 1. The molecule has 7 nitrogen and oxygen atoms in total. The summed E-state index contributed by atoms with van der Waals surface area (Å²) >= 11 is 0. The standard InChI is InChI=1S/C12H20N4O3/c1-9(2)10(11(17)18)15-12(19)14-4-3-6-16-7-5-13-8-16/h5,7-10H,3-4,6H2,1-2H3,(H,17,18)(H2,14,15,19). The zero-order chi connectivity index (χ0) is 14.3. The molecule has 0 bridgehead atoms. The van der Waals surface area contributed by atoms with Crippen LogP contribution in [0.2, 0.25) is 0 Å². The first-order chi connectivity index (χ1) is 9.00. The van der Waals surface area contributed by atoms with Crippen LogP contribution in [0.25, 0.3) is 0 Å². The van der Waals surface area contributed by atoms with Gasteiger partial charge in [0.05, 0.1) is 6.33 Å². The molecule has 0 aromatic carbocycles. The lowest BCUT2D eigenvalue weighted by molar-refractivity contribution is -0.140. The van der Waals surface area contributed by atoms with Crippen molar-refractivity contribution < 1.29 is 14.7 Å².